The van der Waals surface area contributed by atoms with Crippen molar-refractivity contribution in [2.75, 3.05) is 13.2 Å². The smallest absolute Gasteiger partial charge is 0.407 e. The lowest BCUT2D eigenvalue weighted by Crippen LogP contribution is -2.26. The Morgan fingerprint density at radius 1 is 1.00 bits per heavy atom. The molecule has 0 unspecified atom stereocenters. The molecule has 5 nitrogen and oxygen atoms in total. The number of carboxylic acids is 1. The van der Waals surface area contributed by atoms with E-state index in [1.165, 1.54) is 23.3 Å². The van der Waals surface area contributed by atoms with Gasteiger partial charge in [-0.2, -0.15) is 0 Å². The Morgan fingerprint density at radius 2 is 1.65 bits per heavy atom. The van der Waals surface area contributed by atoms with Crippen LogP contribution in [0.2, 0.25) is 5.02 Å². The number of rotatable bonds is 6. The number of ether oxygens (including phenoxy) is 1. The van der Waals surface area contributed by atoms with Gasteiger partial charge in [0.2, 0.25) is 0 Å². The summed E-state index contributed by atoms with van der Waals surface area (Å²) in [5.41, 5.74) is 5.25. The molecule has 0 saturated heterocycles. The summed E-state index contributed by atoms with van der Waals surface area (Å²) in [7, 11) is 0. The maximum Gasteiger partial charge on any atom is 0.407 e. The van der Waals surface area contributed by atoms with Crippen LogP contribution in [0.1, 0.15) is 33.0 Å². The number of alkyl carbamates (subject to hydrolysis) is 1. The first kappa shape index (κ1) is 20.7. The van der Waals surface area contributed by atoms with E-state index in [1.54, 1.807) is 18.2 Å². The van der Waals surface area contributed by atoms with Gasteiger partial charge in [0.1, 0.15) is 6.61 Å². The van der Waals surface area contributed by atoms with Gasteiger partial charge in [0.25, 0.3) is 0 Å². The van der Waals surface area contributed by atoms with E-state index in [4.69, 9.17) is 16.3 Å². The van der Waals surface area contributed by atoms with Crippen LogP contribution in [0.3, 0.4) is 0 Å². The number of benzene rings is 3. The van der Waals surface area contributed by atoms with Crippen LogP contribution in [-0.2, 0) is 4.74 Å². The summed E-state index contributed by atoms with van der Waals surface area (Å²) in [6, 6.07) is 20.8. The fourth-order valence-corrected chi connectivity index (χ4v) is 4.02. The minimum Gasteiger partial charge on any atom is -0.478 e. The molecule has 0 heterocycles. The molecule has 0 saturated carbocycles. The largest absolute Gasteiger partial charge is 0.478 e. The minimum atomic E-state index is -1.04. The summed E-state index contributed by atoms with van der Waals surface area (Å²) in [6.07, 6.45) is 2.73. The number of hydrogen-bond donors (Lipinski definition) is 2. The zero-order valence-electron chi connectivity index (χ0n) is 16.5. The molecular formula is C25H20ClNO4. The number of carbonyl (C=O) groups is 2. The molecule has 0 aromatic heterocycles. The monoisotopic (exact) mass is 433 g/mol. The van der Waals surface area contributed by atoms with Crippen molar-refractivity contribution in [3.05, 3.63) is 100 Å². The lowest BCUT2D eigenvalue weighted by Gasteiger charge is -2.14. The Hall–Kier alpha value is -3.57. The van der Waals surface area contributed by atoms with Crippen LogP contribution >= 0.6 is 11.6 Å². The van der Waals surface area contributed by atoms with Gasteiger partial charge in [-0.15, -0.1) is 0 Å². The molecule has 0 bridgehead atoms. The van der Waals surface area contributed by atoms with Crippen molar-refractivity contribution in [2.24, 2.45) is 0 Å². The quantitative estimate of drug-likeness (QED) is 0.531. The van der Waals surface area contributed by atoms with Crippen molar-refractivity contribution in [2.45, 2.75) is 5.92 Å². The number of carbonyl (C=O) groups excluding carboxylic acids is 1. The van der Waals surface area contributed by atoms with Crippen molar-refractivity contribution in [3.63, 3.8) is 0 Å². The number of aromatic carboxylic acids is 1. The predicted molar refractivity (Wildman–Crippen MR) is 121 cm³/mol. The predicted octanol–water partition coefficient (Wildman–Crippen LogP) is 5.59. The number of nitrogens with one attached hydrogen (secondary N) is 1. The first-order valence-electron chi connectivity index (χ1n) is 9.83. The average Bonchev–Trinajstić information content (AvgIpc) is 3.09. The van der Waals surface area contributed by atoms with Crippen molar-refractivity contribution in [3.8, 4) is 11.1 Å². The van der Waals surface area contributed by atoms with Crippen molar-refractivity contribution >= 4 is 29.7 Å². The second-order valence-electron chi connectivity index (χ2n) is 7.15. The van der Waals surface area contributed by atoms with E-state index >= 15 is 0 Å². The highest BCUT2D eigenvalue weighted by Gasteiger charge is 2.28. The summed E-state index contributed by atoms with van der Waals surface area (Å²) in [5.74, 6) is -1.04. The summed E-state index contributed by atoms with van der Waals surface area (Å²) in [4.78, 5) is 23.5. The Labute approximate surface area is 184 Å². The molecule has 0 aliphatic heterocycles. The maximum absolute atomic E-state index is 12.2. The van der Waals surface area contributed by atoms with Crippen molar-refractivity contribution in [1.29, 1.82) is 0 Å². The molecule has 156 valence electrons. The molecule has 0 atom stereocenters. The van der Waals surface area contributed by atoms with Gasteiger partial charge in [-0.3, -0.25) is 0 Å². The van der Waals surface area contributed by atoms with Crippen LogP contribution in [-0.4, -0.2) is 30.3 Å². The zero-order valence-corrected chi connectivity index (χ0v) is 17.3. The van der Waals surface area contributed by atoms with Gasteiger partial charge in [-0.25, -0.2) is 9.59 Å². The molecule has 6 heteroatoms. The average molecular weight is 434 g/mol. The summed E-state index contributed by atoms with van der Waals surface area (Å²) in [6.45, 7) is 0.434. The highest BCUT2D eigenvalue weighted by Crippen LogP contribution is 2.44. The number of carboxylic acid groups (broad SMARTS) is 1. The number of hydrogen-bond acceptors (Lipinski definition) is 3. The molecule has 1 amide bonds. The third-order valence-corrected chi connectivity index (χ3v) is 5.48. The zero-order chi connectivity index (χ0) is 21.8. The number of amides is 1. The molecule has 0 radical (unpaired) electrons. The third kappa shape index (κ3) is 4.47. The van der Waals surface area contributed by atoms with Crippen LogP contribution < -0.4 is 5.32 Å². The van der Waals surface area contributed by atoms with Crippen LogP contribution in [0, 0.1) is 0 Å². The Kier molecular flexibility index (Phi) is 6.05. The second kappa shape index (κ2) is 9.06. The fourth-order valence-electron chi connectivity index (χ4n) is 3.84. The molecular weight excluding hydrogens is 414 g/mol. The lowest BCUT2D eigenvalue weighted by atomic mass is 9.98. The van der Waals surface area contributed by atoms with Gasteiger partial charge in [-0.1, -0.05) is 72.3 Å². The second-order valence-corrected chi connectivity index (χ2v) is 7.58. The van der Waals surface area contributed by atoms with E-state index in [0.717, 1.165) is 11.1 Å². The van der Waals surface area contributed by atoms with Crippen LogP contribution in [0.15, 0.2) is 72.8 Å². The van der Waals surface area contributed by atoms with Crippen molar-refractivity contribution < 1.29 is 19.4 Å². The molecule has 2 N–H and O–H groups in total. The summed E-state index contributed by atoms with van der Waals surface area (Å²) < 4.78 is 5.47. The summed E-state index contributed by atoms with van der Waals surface area (Å²) in [5, 5.41) is 12.3. The van der Waals surface area contributed by atoms with Gasteiger partial charge < -0.3 is 15.2 Å². The normalized spacial score (nSPS) is 12.4. The maximum atomic E-state index is 12.2. The summed E-state index contributed by atoms with van der Waals surface area (Å²) >= 11 is 5.94. The SMILES string of the molecule is O=C(NCC=Cc1cc(Cl)ccc1C(=O)O)OCC1c2ccccc2-c2ccccc21. The van der Waals surface area contributed by atoms with Gasteiger partial charge >= 0.3 is 12.1 Å². The molecule has 3 aromatic carbocycles. The van der Waals surface area contributed by atoms with Gasteiger partial charge in [0.15, 0.2) is 0 Å². The first-order chi connectivity index (χ1) is 15.0. The van der Waals surface area contributed by atoms with E-state index in [1.807, 2.05) is 24.3 Å². The van der Waals surface area contributed by atoms with Crippen LogP contribution in [0.4, 0.5) is 4.79 Å². The van der Waals surface area contributed by atoms with Gasteiger partial charge in [-0.05, 0) is 46.0 Å². The molecule has 1 aliphatic rings. The number of halogens is 1. The molecule has 4 rings (SSSR count). The molecule has 31 heavy (non-hydrogen) atoms. The topological polar surface area (TPSA) is 75.6 Å². The van der Waals surface area contributed by atoms with E-state index in [9.17, 15) is 14.7 Å². The van der Waals surface area contributed by atoms with E-state index in [2.05, 4.69) is 29.6 Å². The third-order valence-electron chi connectivity index (χ3n) is 5.25. The standard InChI is InChI=1S/C25H20ClNO4/c26-17-11-12-18(24(28)29)16(14-17)6-5-13-27-25(30)31-15-23-21-9-3-1-7-19(21)20-8-2-4-10-22(20)23/h1-12,14,23H,13,15H2,(H,27,30)(H,28,29). The Balaban J connectivity index is 1.35. The number of fused-ring (bicyclic) bond motifs is 3. The van der Waals surface area contributed by atoms with Crippen LogP contribution in [0.5, 0.6) is 0 Å². The highest BCUT2D eigenvalue weighted by atomic mass is 35.5. The molecule has 3 aromatic rings. The molecule has 1 aliphatic carbocycles. The van der Waals surface area contributed by atoms with Crippen molar-refractivity contribution in [1.82, 2.24) is 5.32 Å². The van der Waals surface area contributed by atoms with Gasteiger partial charge in [0, 0.05) is 17.5 Å². The van der Waals surface area contributed by atoms with E-state index < -0.39 is 12.1 Å². The molecule has 0 spiro atoms. The van der Waals surface area contributed by atoms with Crippen LogP contribution in [0.25, 0.3) is 17.2 Å². The Morgan fingerprint density at radius 3 is 2.29 bits per heavy atom. The highest BCUT2D eigenvalue weighted by molar-refractivity contribution is 6.30. The first-order valence-corrected chi connectivity index (χ1v) is 10.2. The lowest BCUT2D eigenvalue weighted by molar-refractivity contribution is 0.0696. The molecule has 0 fully saturated rings. The van der Waals surface area contributed by atoms with E-state index in [-0.39, 0.29) is 24.6 Å². The van der Waals surface area contributed by atoms with Gasteiger partial charge in [0.05, 0.1) is 5.56 Å². The fraction of sp³-hybridized carbons (Fsp3) is 0.120. The Bertz CT molecular complexity index is 1130. The minimum absolute atomic E-state index is 0.00159. The van der Waals surface area contributed by atoms with E-state index in [0.29, 0.717) is 10.6 Å².